The molecule has 0 saturated heterocycles. The minimum absolute atomic E-state index is 0.373. The number of hydrogen-bond donors (Lipinski definition) is 0. The van der Waals surface area contributed by atoms with Gasteiger partial charge in [0.2, 0.25) is 0 Å². The van der Waals surface area contributed by atoms with Gasteiger partial charge in [0.1, 0.15) is 0 Å². The van der Waals surface area contributed by atoms with E-state index >= 15 is 0 Å². The Labute approximate surface area is 82.7 Å². The van der Waals surface area contributed by atoms with Crippen molar-refractivity contribution in [3.8, 4) is 0 Å². The smallest absolute Gasteiger partial charge is 0.00416 e. The summed E-state index contributed by atoms with van der Waals surface area (Å²) in [6, 6.07) is 0. The van der Waals surface area contributed by atoms with Gasteiger partial charge in [-0.25, -0.2) is 0 Å². The molecule has 0 radical (unpaired) electrons. The normalized spacial score (nSPS) is 26.5. The van der Waals surface area contributed by atoms with E-state index in [-0.39, 0.29) is 0 Å². The molecule has 0 heterocycles. The SMILES string of the molecule is CCCCCCC1(C)C=CC(C)=C1. The van der Waals surface area contributed by atoms with Gasteiger partial charge in [-0.1, -0.05) is 63.3 Å². The van der Waals surface area contributed by atoms with Crippen LogP contribution in [0.1, 0.15) is 52.9 Å². The van der Waals surface area contributed by atoms with E-state index < -0.39 is 0 Å². The molecule has 74 valence electrons. The number of rotatable bonds is 5. The van der Waals surface area contributed by atoms with E-state index in [4.69, 9.17) is 0 Å². The Morgan fingerprint density at radius 3 is 2.54 bits per heavy atom. The van der Waals surface area contributed by atoms with Gasteiger partial charge in [0, 0.05) is 5.41 Å². The minimum Gasteiger partial charge on any atom is -0.0745 e. The van der Waals surface area contributed by atoms with Gasteiger partial charge >= 0.3 is 0 Å². The van der Waals surface area contributed by atoms with Gasteiger partial charge in [-0.2, -0.15) is 0 Å². The Hall–Kier alpha value is -0.520. The van der Waals surface area contributed by atoms with Crippen molar-refractivity contribution in [3.63, 3.8) is 0 Å². The molecular formula is C13H22. The Kier molecular flexibility index (Phi) is 3.77. The van der Waals surface area contributed by atoms with Gasteiger partial charge in [-0.3, -0.25) is 0 Å². The zero-order valence-electron chi connectivity index (χ0n) is 9.27. The molecule has 0 fully saturated rings. The molecule has 0 spiro atoms. The van der Waals surface area contributed by atoms with Gasteiger partial charge < -0.3 is 0 Å². The molecule has 0 nitrogen and oxygen atoms in total. The predicted molar refractivity (Wildman–Crippen MR) is 59.8 cm³/mol. The second kappa shape index (κ2) is 4.64. The van der Waals surface area contributed by atoms with Crippen LogP contribution in [0, 0.1) is 5.41 Å². The average molecular weight is 178 g/mol. The monoisotopic (exact) mass is 178 g/mol. The molecular weight excluding hydrogens is 156 g/mol. The van der Waals surface area contributed by atoms with Crippen LogP contribution < -0.4 is 0 Å². The van der Waals surface area contributed by atoms with E-state index in [2.05, 4.69) is 39.0 Å². The lowest BCUT2D eigenvalue weighted by Gasteiger charge is -2.18. The highest BCUT2D eigenvalue weighted by molar-refractivity contribution is 5.31. The zero-order valence-corrected chi connectivity index (χ0v) is 9.27. The van der Waals surface area contributed by atoms with Crippen molar-refractivity contribution in [2.45, 2.75) is 52.9 Å². The highest BCUT2D eigenvalue weighted by Gasteiger charge is 2.20. The molecule has 0 amide bonds. The van der Waals surface area contributed by atoms with Crippen molar-refractivity contribution >= 4 is 0 Å². The largest absolute Gasteiger partial charge is 0.0745 e. The van der Waals surface area contributed by atoms with Crippen molar-refractivity contribution < 1.29 is 0 Å². The first-order valence-electron chi connectivity index (χ1n) is 5.55. The molecule has 1 rings (SSSR count). The van der Waals surface area contributed by atoms with Crippen molar-refractivity contribution in [3.05, 3.63) is 23.8 Å². The summed E-state index contributed by atoms with van der Waals surface area (Å²) in [6.07, 6.45) is 13.8. The zero-order chi connectivity index (χ0) is 9.73. The Balaban J connectivity index is 2.25. The van der Waals surface area contributed by atoms with Crippen LogP contribution in [0.25, 0.3) is 0 Å². The van der Waals surface area contributed by atoms with E-state index in [0.717, 1.165) is 0 Å². The van der Waals surface area contributed by atoms with E-state index in [1.54, 1.807) is 0 Å². The number of unbranched alkanes of at least 4 members (excludes halogenated alkanes) is 3. The third-order valence-corrected chi connectivity index (χ3v) is 2.85. The summed E-state index contributed by atoms with van der Waals surface area (Å²) in [5.41, 5.74) is 1.80. The number of allylic oxidation sites excluding steroid dienone is 4. The highest BCUT2D eigenvalue weighted by atomic mass is 14.2. The van der Waals surface area contributed by atoms with Crippen LogP contribution >= 0.6 is 0 Å². The third-order valence-electron chi connectivity index (χ3n) is 2.85. The molecule has 1 atom stereocenters. The summed E-state index contributed by atoms with van der Waals surface area (Å²) < 4.78 is 0. The second-order valence-electron chi connectivity index (χ2n) is 4.54. The van der Waals surface area contributed by atoms with Crippen molar-refractivity contribution in [1.82, 2.24) is 0 Å². The Bertz CT molecular complexity index is 210. The fraction of sp³-hybridized carbons (Fsp3) is 0.692. The maximum absolute atomic E-state index is 2.40. The van der Waals surface area contributed by atoms with Crippen molar-refractivity contribution in [2.24, 2.45) is 5.41 Å². The lowest BCUT2D eigenvalue weighted by molar-refractivity contribution is 0.465. The van der Waals surface area contributed by atoms with Gasteiger partial charge in [0.25, 0.3) is 0 Å². The fourth-order valence-corrected chi connectivity index (χ4v) is 2.03. The summed E-state index contributed by atoms with van der Waals surface area (Å²) in [4.78, 5) is 0. The first kappa shape index (κ1) is 10.6. The second-order valence-corrected chi connectivity index (χ2v) is 4.54. The molecule has 0 heteroatoms. The standard InChI is InChI=1S/C13H22/c1-4-5-6-7-9-13(3)10-8-12(2)11-13/h8,10-11H,4-7,9H2,1-3H3. The predicted octanol–water partition coefficient (Wildman–Crippen LogP) is 4.48. The van der Waals surface area contributed by atoms with Crippen LogP contribution in [0.15, 0.2) is 23.8 Å². The molecule has 0 N–H and O–H groups in total. The summed E-state index contributed by atoms with van der Waals surface area (Å²) in [5, 5.41) is 0. The van der Waals surface area contributed by atoms with Crippen LogP contribution in [0.3, 0.4) is 0 Å². The maximum atomic E-state index is 2.40. The lowest BCUT2D eigenvalue weighted by Crippen LogP contribution is -2.06. The molecule has 1 unspecified atom stereocenters. The molecule has 0 aromatic carbocycles. The first-order chi connectivity index (χ1) is 6.16. The van der Waals surface area contributed by atoms with Gasteiger partial charge in [-0.15, -0.1) is 0 Å². The van der Waals surface area contributed by atoms with E-state index in [9.17, 15) is 0 Å². The lowest BCUT2D eigenvalue weighted by atomic mass is 9.86. The summed E-state index contributed by atoms with van der Waals surface area (Å²) in [7, 11) is 0. The molecule has 0 bridgehead atoms. The molecule has 1 aliphatic carbocycles. The Morgan fingerprint density at radius 2 is 2.00 bits per heavy atom. The summed E-state index contributed by atoms with van der Waals surface area (Å²) in [6.45, 7) is 6.79. The molecule has 13 heavy (non-hydrogen) atoms. The first-order valence-corrected chi connectivity index (χ1v) is 5.55. The van der Waals surface area contributed by atoms with Crippen LogP contribution in [0.2, 0.25) is 0 Å². The summed E-state index contributed by atoms with van der Waals surface area (Å²) in [5.74, 6) is 0. The Morgan fingerprint density at radius 1 is 1.23 bits per heavy atom. The van der Waals surface area contributed by atoms with Crippen molar-refractivity contribution in [1.29, 1.82) is 0 Å². The average Bonchev–Trinajstić information content (AvgIpc) is 2.41. The van der Waals surface area contributed by atoms with E-state index in [0.29, 0.717) is 5.41 Å². The number of hydrogen-bond acceptors (Lipinski definition) is 0. The van der Waals surface area contributed by atoms with Gasteiger partial charge in [0.15, 0.2) is 0 Å². The molecule has 0 saturated carbocycles. The molecule has 0 aromatic heterocycles. The molecule has 0 aromatic rings. The fourth-order valence-electron chi connectivity index (χ4n) is 2.03. The van der Waals surface area contributed by atoms with E-state index in [1.165, 1.54) is 37.7 Å². The molecule has 1 aliphatic rings. The van der Waals surface area contributed by atoms with E-state index in [1.807, 2.05) is 0 Å². The maximum Gasteiger partial charge on any atom is 0.00416 e. The summed E-state index contributed by atoms with van der Waals surface area (Å²) >= 11 is 0. The quantitative estimate of drug-likeness (QED) is 0.544. The highest BCUT2D eigenvalue weighted by Crippen LogP contribution is 2.34. The third kappa shape index (κ3) is 3.38. The molecule has 0 aliphatic heterocycles. The van der Waals surface area contributed by atoms with Crippen LogP contribution in [0.5, 0.6) is 0 Å². The van der Waals surface area contributed by atoms with Gasteiger partial charge in [0.05, 0.1) is 0 Å². The van der Waals surface area contributed by atoms with Crippen LogP contribution in [-0.2, 0) is 0 Å². The minimum atomic E-state index is 0.373. The van der Waals surface area contributed by atoms with Crippen LogP contribution in [0.4, 0.5) is 0 Å². The van der Waals surface area contributed by atoms with Crippen LogP contribution in [-0.4, -0.2) is 0 Å². The van der Waals surface area contributed by atoms with Gasteiger partial charge in [-0.05, 0) is 13.3 Å². The van der Waals surface area contributed by atoms with Crippen molar-refractivity contribution in [2.75, 3.05) is 0 Å². The topological polar surface area (TPSA) is 0 Å².